The molecular weight excluding hydrogens is 500 g/mol. The summed E-state index contributed by atoms with van der Waals surface area (Å²) in [5.74, 6) is -1.07. The molecule has 0 atom stereocenters. The molecule has 1 heterocycles. The van der Waals surface area contributed by atoms with Gasteiger partial charge in [-0.15, -0.1) is 0 Å². The zero-order chi connectivity index (χ0) is 26.8. The SMILES string of the molecule is O=C(O)c1ccc(CNc2ccc(N3CCN(c4cccc(C(F)(F)F)c4)CC3)c(C(F)(F)F)c2)cc1. The average molecular weight is 523 g/mol. The van der Waals surface area contributed by atoms with Crippen molar-refractivity contribution < 1.29 is 36.2 Å². The first kappa shape index (κ1) is 26.2. The highest BCUT2D eigenvalue weighted by Gasteiger charge is 2.36. The quantitative estimate of drug-likeness (QED) is 0.368. The van der Waals surface area contributed by atoms with Crippen molar-refractivity contribution in [3.05, 3.63) is 89.0 Å². The predicted octanol–water partition coefficient (Wildman–Crippen LogP) is 6.36. The van der Waals surface area contributed by atoms with Gasteiger partial charge >= 0.3 is 18.3 Å². The van der Waals surface area contributed by atoms with E-state index in [1.165, 1.54) is 30.3 Å². The Bertz CT molecular complexity index is 1250. The van der Waals surface area contributed by atoms with Crippen LogP contribution in [0.25, 0.3) is 0 Å². The van der Waals surface area contributed by atoms with Gasteiger partial charge in [-0.25, -0.2) is 4.79 Å². The molecular formula is C26H23F6N3O2. The summed E-state index contributed by atoms with van der Waals surface area (Å²) >= 11 is 0. The second kappa shape index (κ2) is 10.2. The smallest absolute Gasteiger partial charge is 0.418 e. The molecule has 2 N–H and O–H groups in total. The Balaban J connectivity index is 1.46. The molecule has 1 saturated heterocycles. The summed E-state index contributed by atoms with van der Waals surface area (Å²) in [6.45, 7) is 1.16. The number of rotatable bonds is 6. The highest BCUT2D eigenvalue weighted by molar-refractivity contribution is 5.87. The minimum absolute atomic E-state index is 0.00699. The molecule has 4 rings (SSSR count). The molecule has 0 aliphatic carbocycles. The van der Waals surface area contributed by atoms with E-state index in [2.05, 4.69) is 5.32 Å². The Hall–Kier alpha value is -3.89. The van der Waals surface area contributed by atoms with E-state index in [1.54, 1.807) is 28.0 Å². The molecule has 37 heavy (non-hydrogen) atoms. The lowest BCUT2D eigenvalue weighted by Gasteiger charge is -2.38. The van der Waals surface area contributed by atoms with Crippen LogP contribution < -0.4 is 15.1 Å². The Labute approximate surface area is 208 Å². The lowest BCUT2D eigenvalue weighted by Crippen LogP contribution is -2.47. The van der Waals surface area contributed by atoms with Crippen LogP contribution in [0.5, 0.6) is 0 Å². The maximum atomic E-state index is 13.9. The van der Waals surface area contributed by atoms with Crippen molar-refractivity contribution in [1.29, 1.82) is 0 Å². The van der Waals surface area contributed by atoms with Gasteiger partial charge in [0, 0.05) is 49.8 Å². The first-order valence-electron chi connectivity index (χ1n) is 11.4. The summed E-state index contributed by atoms with van der Waals surface area (Å²) in [5, 5.41) is 11.9. The molecule has 0 saturated carbocycles. The van der Waals surface area contributed by atoms with Crippen LogP contribution in [0, 0.1) is 0 Å². The molecule has 3 aromatic rings. The van der Waals surface area contributed by atoms with Gasteiger partial charge in [-0.05, 0) is 54.1 Å². The third-order valence-corrected chi connectivity index (χ3v) is 6.16. The van der Waals surface area contributed by atoms with Crippen molar-refractivity contribution >= 4 is 23.0 Å². The zero-order valence-corrected chi connectivity index (χ0v) is 19.4. The van der Waals surface area contributed by atoms with E-state index in [0.717, 1.165) is 18.2 Å². The lowest BCUT2D eigenvalue weighted by molar-refractivity contribution is -0.138. The number of anilines is 3. The number of halogens is 6. The number of piperazine rings is 1. The standard InChI is InChI=1S/C26H23F6N3O2/c27-25(28,29)19-2-1-3-21(14-19)34-10-12-35(13-11-34)23-9-8-20(15-22(23)26(30,31)32)33-16-17-4-6-18(7-5-17)24(36)37/h1-9,14-15,33H,10-13,16H2,(H,36,37). The Morgan fingerprint density at radius 1 is 0.811 bits per heavy atom. The van der Waals surface area contributed by atoms with Gasteiger partial charge in [0.25, 0.3) is 0 Å². The summed E-state index contributed by atoms with van der Waals surface area (Å²) in [7, 11) is 0. The summed E-state index contributed by atoms with van der Waals surface area (Å²) in [5.41, 5.74) is -0.136. The van der Waals surface area contributed by atoms with Crippen molar-refractivity contribution in [3.8, 4) is 0 Å². The molecule has 3 aromatic carbocycles. The van der Waals surface area contributed by atoms with Gasteiger partial charge in [0.1, 0.15) is 0 Å². The van der Waals surface area contributed by atoms with Gasteiger partial charge in [0.2, 0.25) is 0 Å². The second-order valence-corrected chi connectivity index (χ2v) is 8.61. The lowest BCUT2D eigenvalue weighted by atomic mass is 10.1. The maximum absolute atomic E-state index is 13.9. The number of aromatic carboxylic acids is 1. The maximum Gasteiger partial charge on any atom is 0.418 e. The fraction of sp³-hybridized carbons (Fsp3) is 0.269. The molecule has 0 aromatic heterocycles. The monoisotopic (exact) mass is 523 g/mol. The van der Waals surface area contributed by atoms with Gasteiger partial charge in [0.15, 0.2) is 0 Å². The normalized spacial score (nSPS) is 14.5. The number of alkyl halides is 6. The first-order valence-corrected chi connectivity index (χ1v) is 11.4. The molecule has 1 fully saturated rings. The van der Waals surface area contributed by atoms with Gasteiger partial charge in [0.05, 0.1) is 16.7 Å². The molecule has 0 amide bonds. The number of hydrogen-bond donors (Lipinski definition) is 2. The van der Waals surface area contributed by atoms with E-state index in [9.17, 15) is 31.1 Å². The molecule has 0 spiro atoms. The minimum Gasteiger partial charge on any atom is -0.478 e. The van der Waals surface area contributed by atoms with Crippen LogP contribution in [0.4, 0.5) is 43.4 Å². The number of carboxylic acid groups (broad SMARTS) is 1. The molecule has 0 unspecified atom stereocenters. The fourth-order valence-electron chi connectivity index (χ4n) is 4.20. The predicted molar refractivity (Wildman–Crippen MR) is 128 cm³/mol. The molecule has 0 bridgehead atoms. The summed E-state index contributed by atoms with van der Waals surface area (Å²) in [6, 6.07) is 14.9. The number of carbonyl (C=O) groups is 1. The topological polar surface area (TPSA) is 55.8 Å². The summed E-state index contributed by atoms with van der Waals surface area (Å²) in [6.07, 6.45) is -9.09. The van der Waals surface area contributed by atoms with Crippen LogP contribution in [0.15, 0.2) is 66.7 Å². The van der Waals surface area contributed by atoms with Crippen LogP contribution in [0.1, 0.15) is 27.0 Å². The van der Waals surface area contributed by atoms with Crippen molar-refractivity contribution in [2.45, 2.75) is 18.9 Å². The zero-order valence-electron chi connectivity index (χ0n) is 19.4. The van der Waals surface area contributed by atoms with Crippen LogP contribution >= 0.6 is 0 Å². The number of hydrogen-bond acceptors (Lipinski definition) is 4. The second-order valence-electron chi connectivity index (χ2n) is 8.61. The van der Waals surface area contributed by atoms with E-state index >= 15 is 0 Å². The molecule has 1 aliphatic heterocycles. The third-order valence-electron chi connectivity index (χ3n) is 6.16. The van der Waals surface area contributed by atoms with Crippen molar-refractivity contribution in [3.63, 3.8) is 0 Å². The van der Waals surface area contributed by atoms with Crippen molar-refractivity contribution in [1.82, 2.24) is 0 Å². The minimum atomic E-state index is -4.62. The Morgan fingerprint density at radius 2 is 1.46 bits per heavy atom. The number of benzene rings is 3. The van der Waals surface area contributed by atoms with Gasteiger partial charge in [-0.2, -0.15) is 26.3 Å². The van der Waals surface area contributed by atoms with E-state index < -0.39 is 29.4 Å². The van der Waals surface area contributed by atoms with Crippen molar-refractivity contribution in [2.24, 2.45) is 0 Å². The van der Waals surface area contributed by atoms with Crippen LogP contribution in [-0.2, 0) is 18.9 Å². The highest BCUT2D eigenvalue weighted by atomic mass is 19.4. The first-order chi connectivity index (χ1) is 17.4. The van der Waals surface area contributed by atoms with Gasteiger partial charge < -0.3 is 20.2 Å². The highest BCUT2D eigenvalue weighted by Crippen LogP contribution is 2.39. The van der Waals surface area contributed by atoms with E-state index in [1.807, 2.05) is 0 Å². The Morgan fingerprint density at radius 3 is 2.05 bits per heavy atom. The van der Waals surface area contributed by atoms with Crippen LogP contribution in [0.3, 0.4) is 0 Å². The molecule has 0 radical (unpaired) electrons. The van der Waals surface area contributed by atoms with Gasteiger partial charge in [-0.3, -0.25) is 0 Å². The summed E-state index contributed by atoms with van der Waals surface area (Å²) in [4.78, 5) is 14.3. The number of carboxylic acids is 1. The van der Waals surface area contributed by atoms with E-state index in [4.69, 9.17) is 5.11 Å². The number of nitrogens with zero attached hydrogens (tertiary/aromatic N) is 2. The van der Waals surface area contributed by atoms with Crippen molar-refractivity contribution in [2.75, 3.05) is 41.3 Å². The summed E-state index contributed by atoms with van der Waals surface area (Å²) < 4.78 is 80.9. The van der Waals surface area contributed by atoms with E-state index in [0.29, 0.717) is 11.3 Å². The largest absolute Gasteiger partial charge is 0.478 e. The molecule has 1 aliphatic rings. The van der Waals surface area contributed by atoms with Gasteiger partial charge in [-0.1, -0.05) is 18.2 Å². The molecule has 11 heteroatoms. The fourth-order valence-corrected chi connectivity index (χ4v) is 4.20. The van der Waals surface area contributed by atoms with Crippen LogP contribution in [0.2, 0.25) is 0 Å². The molecule has 5 nitrogen and oxygen atoms in total. The third kappa shape index (κ3) is 6.28. The van der Waals surface area contributed by atoms with E-state index in [-0.39, 0.29) is 49.7 Å². The Kier molecular flexibility index (Phi) is 7.24. The average Bonchev–Trinajstić information content (AvgIpc) is 2.87. The van der Waals surface area contributed by atoms with Crippen LogP contribution in [-0.4, -0.2) is 37.3 Å². The molecule has 196 valence electrons. The number of nitrogens with one attached hydrogen (secondary N) is 1.